The second-order valence-electron chi connectivity index (χ2n) is 15.0. The van der Waals surface area contributed by atoms with Crippen LogP contribution in [0, 0.1) is 0 Å². The second kappa shape index (κ2) is 13.6. The number of rotatable bonds is 6. The number of hydrogen-bond donors (Lipinski definition) is 0. The van der Waals surface area contributed by atoms with E-state index in [9.17, 15) is 0 Å². The van der Waals surface area contributed by atoms with Crippen LogP contribution in [-0.2, 0) is 0 Å². The second-order valence-corrected chi connectivity index (χ2v) is 16.0. The molecule has 0 fully saturated rings. The Hall–Kier alpha value is -7.48. The van der Waals surface area contributed by atoms with Crippen LogP contribution in [0.5, 0.6) is 0 Å². The Balaban J connectivity index is 0.941. The van der Waals surface area contributed by atoms with E-state index in [1.807, 2.05) is 54.6 Å². The predicted molar refractivity (Wildman–Crippen MR) is 242 cm³/mol. The molecule has 4 aromatic heterocycles. The molecule has 1 aliphatic rings. The summed E-state index contributed by atoms with van der Waals surface area (Å²) in [5.74, 6) is 2.85. The predicted octanol–water partition coefficient (Wildman–Crippen LogP) is 13.9. The third kappa shape index (κ3) is 5.69. The smallest absolute Gasteiger partial charge is 0.165 e. The Kier molecular flexibility index (Phi) is 7.74. The van der Waals surface area contributed by atoms with Gasteiger partial charge in [0.25, 0.3) is 0 Å². The fourth-order valence-electron chi connectivity index (χ4n) is 8.52. The van der Waals surface area contributed by atoms with Crippen LogP contribution >= 0.6 is 11.3 Å². The van der Waals surface area contributed by atoms with Crippen molar-refractivity contribution in [2.45, 2.75) is 12.5 Å². The lowest BCUT2D eigenvalue weighted by atomic mass is 10.0. The molecule has 278 valence electrons. The van der Waals surface area contributed by atoms with Crippen LogP contribution < -0.4 is 0 Å². The number of furan rings is 1. The van der Waals surface area contributed by atoms with Gasteiger partial charge in [0.15, 0.2) is 17.5 Å². The maximum Gasteiger partial charge on any atom is 0.165 e. The zero-order chi connectivity index (χ0) is 38.9. The number of allylic oxidation sites excluding steroid dienone is 4. The van der Waals surface area contributed by atoms with Gasteiger partial charge in [-0.3, -0.25) is 0 Å². The summed E-state index contributed by atoms with van der Waals surface area (Å²) in [6, 6.07) is 55.2. The summed E-state index contributed by atoms with van der Waals surface area (Å²) in [5, 5.41) is 4.55. The van der Waals surface area contributed by atoms with E-state index in [1.54, 1.807) is 11.3 Å². The van der Waals surface area contributed by atoms with Gasteiger partial charge in [-0.2, -0.15) is 0 Å². The molecule has 1 aliphatic carbocycles. The molecule has 0 saturated heterocycles. The van der Waals surface area contributed by atoms with Crippen LogP contribution in [0.1, 0.15) is 12.5 Å². The van der Waals surface area contributed by atoms with E-state index in [1.165, 1.54) is 15.5 Å². The Morgan fingerprint density at radius 1 is 0.508 bits per heavy atom. The topological polar surface area (TPSA) is 69.6 Å². The maximum atomic E-state index is 6.26. The molecule has 0 aliphatic heterocycles. The summed E-state index contributed by atoms with van der Waals surface area (Å²) in [4.78, 5) is 20.4. The third-order valence-corrected chi connectivity index (χ3v) is 12.6. The number of nitrogens with zero attached hydrogens (tertiary/aromatic N) is 5. The van der Waals surface area contributed by atoms with Crippen LogP contribution in [0.25, 0.3) is 110 Å². The summed E-state index contributed by atoms with van der Waals surface area (Å²) in [7, 11) is 0. The molecule has 7 heteroatoms. The van der Waals surface area contributed by atoms with Crippen LogP contribution in [-0.4, -0.2) is 24.5 Å². The molecular formula is C52H33N5OS. The molecule has 0 amide bonds. The van der Waals surface area contributed by atoms with E-state index in [2.05, 4.69) is 132 Å². The van der Waals surface area contributed by atoms with Crippen molar-refractivity contribution < 1.29 is 4.42 Å². The minimum atomic E-state index is 0.224. The summed E-state index contributed by atoms with van der Waals surface area (Å²) in [6.07, 6.45) is 9.70. The first kappa shape index (κ1) is 33.6. The van der Waals surface area contributed by atoms with Gasteiger partial charge in [0, 0.05) is 53.2 Å². The largest absolute Gasteiger partial charge is 0.456 e. The van der Waals surface area contributed by atoms with Crippen LogP contribution in [0.4, 0.5) is 0 Å². The number of fused-ring (bicyclic) bond motifs is 7. The van der Waals surface area contributed by atoms with E-state index in [-0.39, 0.29) is 6.04 Å². The Morgan fingerprint density at radius 2 is 1.24 bits per heavy atom. The summed E-state index contributed by atoms with van der Waals surface area (Å²) < 4.78 is 11.0. The molecule has 4 heterocycles. The van der Waals surface area contributed by atoms with Gasteiger partial charge in [-0.25, -0.2) is 19.9 Å². The highest BCUT2D eigenvalue weighted by atomic mass is 32.1. The fourth-order valence-corrected chi connectivity index (χ4v) is 9.71. The quantitative estimate of drug-likeness (QED) is 0.168. The molecule has 0 radical (unpaired) electrons. The zero-order valence-electron chi connectivity index (χ0n) is 31.7. The van der Waals surface area contributed by atoms with Gasteiger partial charge < -0.3 is 8.98 Å². The average molecular weight is 776 g/mol. The van der Waals surface area contributed by atoms with Gasteiger partial charge >= 0.3 is 0 Å². The van der Waals surface area contributed by atoms with Crippen molar-refractivity contribution in [1.29, 1.82) is 0 Å². The molecule has 0 bridgehead atoms. The lowest BCUT2D eigenvalue weighted by Gasteiger charge is -2.19. The molecule has 1 atom stereocenters. The lowest BCUT2D eigenvalue weighted by Crippen LogP contribution is -2.08. The van der Waals surface area contributed by atoms with Gasteiger partial charge in [-0.15, -0.1) is 11.3 Å². The molecule has 1 unspecified atom stereocenters. The Bertz CT molecular complexity index is 3480. The van der Waals surface area contributed by atoms with Gasteiger partial charge in [0.05, 0.1) is 17.1 Å². The minimum Gasteiger partial charge on any atom is -0.456 e. The van der Waals surface area contributed by atoms with E-state index in [4.69, 9.17) is 24.4 Å². The maximum absolute atomic E-state index is 6.26. The van der Waals surface area contributed by atoms with E-state index in [0.717, 1.165) is 83.3 Å². The fraction of sp³-hybridized carbons (Fsp3) is 0.0385. The highest BCUT2D eigenvalue weighted by Gasteiger charge is 2.20. The number of hydrogen-bond acceptors (Lipinski definition) is 6. The molecular weight excluding hydrogens is 743 g/mol. The summed E-state index contributed by atoms with van der Waals surface area (Å²) >= 11 is 1.77. The molecule has 11 aromatic rings. The summed E-state index contributed by atoms with van der Waals surface area (Å²) in [5.41, 5.74) is 10.0. The van der Waals surface area contributed by atoms with Crippen molar-refractivity contribution in [3.05, 3.63) is 182 Å². The van der Waals surface area contributed by atoms with Crippen molar-refractivity contribution in [1.82, 2.24) is 24.5 Å². The molecule has 12 rings (SSSR count). The average Bonchev–Trinajstić information content (AvgIpc) is 4.00. The van der Waals surface area contributed by atoms with Crippen molar-refractivity contribution in [2.24, 2.45) is 0 Å². The molecule has 0 spiro atoms. The first-order valence-electron chi connectivity index (χ1n) is 19.8. The van der Waals surface area contributed by atoms with Crippen molar-refractivity contribution >= 4 is 64.5 Å². The standard InChI is InChI=1S/C52H33N5OS/c1-3-12-33(13-4-1)49-54-50(36-26-28-39-38-16-7-10-21-45(38)58-46(39)31-36)56-51(55-49)41-18-11-17-40-42-30-35(27-29-47(42)59-48(40)41)32-22-24-34(25-23-32)52-53-43-19-8-9-20-44(43)57(52)37-14-5-2-6-15-37/h1-14,16-31,37H,15H2. The van der Waals surface area contributed by atoms with Crippen molar-refractivity contribution in [2.75, 3.05) is 0 Å². The first-order valence-corrected chi connectivity index (χ1v) is 20.6. The number of imidazole rings is 1. The van der Waals surface area contributed by atoms with E-state index in [0.29, 0.717) is 17.5 Å². The van der Waals surface area contributed by atoms with E-state index >= 15 is 0 Å². The monoisotopic (exact) mass is 775 g/mol. The number of thiophene rings is 1. The molecule has 0 saturated carbocycles. The third-order valence-electron chi connectivity index (χ3n) is 11.4. The van der Waals surface area contributed by atoms with Crippen LogP contribution in [0.3, 0.4) is 0 Å². The zero-order valence-corrected chi connectivity index (χ0v) is 32.5. The SMILES string of the molecule is C1=CCC(n2c(-c3ccc(-c4ccc5sc6c(-c7nc(-c8ccccc8)nc(-c8ccc9c(c8)oc8ccccc89)n7)cccc6c5c4)cc3)nc3ccccc32)C=C1. The van der Waals surface area contributed by atoms with Gasteiger partial charge in [-0.05, 0) is 66.1 Å². The molecule has 6 nitrogen and oxygen atoms in total. The molecule has 7 aromatic carbocycles. The van der Waals surface area contributed by atoms with E-state index < -0.39 is 0 Å². The highest BCUT2D eigenvalue weighted by Crippen LogP contribution is 2.42. The summed E-state index contributed by atoms with van der Waals surface area (Å²) in [6.45, 7) is 0. The van der Waals surface area contributed by atoms with Crippen molar-refractivity contribution in [3.8, 4) is 56.7 Å². The first-order chi connectivity index (χ1) is 29.2. The Labute approximate surface area is 343 Å². The number of benzene rings is 7. The minimum absolute atomic E-state index is 0.224. The van der Waals surface area contributed by atoms with Gasteiger partial charge in [0.1, 0.15) is 17.0 Å². The van der Waals surface area contributed by atoms with Crippen molar-refractivity contribution in [3.63, 3.8) is 0 Å². The Morgan fingerprint density at radius 3 is 2.12 bits per heavy atom. The lowest BCUT2D eigenvalue weighted by molar-refractivity contribution is 0.631. The molecule has 59 heavy (non-hydrogen) atoms. The van der Waals surface area contributed by atoms with Crippen LogP contribution in [0.2, 0.25) is 0 Å². The number of aromatic nitrogens is 5. The normalized spacial score (nSPS) is 14.1. The van der Waals surface area contributed by atoms with Gasteiger partial charge in [-0.1, -0.05) is 133 Å². The number of para-hydroxylation sites is 3. The highest BCUT2D eigenvalue weighted by molar-refractivity contribution is 7.26. The molecule has 0 N–H and O–H groups in total. The van der Waals surface area contributed by atoms with Gasteiger partial charge in [0.2, 0.25) is 0 Å². The van der Waals surface area contributed by atoms with Crippen LogP contribution in [0.15, 0.2) is 186 Å².